The zero-order valence-electron chi connectivity index (χ0n) is 17.2. The van der Waals surface area contributed by atoms with Crippen LogP contribution in [0.5, 0.6) is 0 Å². The van der Waals surface area contributed by atoms with Crippen LogP contribution in [0.1, 0.15) is 33.1 Å². The molecule has 12 heteroatoms. The van der Waals surface area contributed by atoms with Crippen LogP contribution >= 0.6 is 11.3 Å². The molecule has 2 N–H and O–H groups in total. The van der Waals surface area contributed by atoms with Gasteiger partial charge in [-0.2, -0.15) is 5.38 Å². The first-order valence-corrected chi connectivity index (χ1v) is 11.2. The molecule has 0 bridgehead atoms. The van der Waals surface area contributed by atoms with Crippen LogP contribution in [0, 0.1) is 5.38 Å². The summed E-state index contributed by atoms with van der Waals surface area (Å²) in [5, 5.41) is 11.0. The van der Waals surface area contributed by atoms with Crippen LogP contribution < -0.4 is 29.3 Å². The van der Waals surface area contributed by atoms with E-state index in [4.69, 9.17) is 5.11 Å². The monoisotopic (exact) mass is 444 g/mol. The summed E-state index contributed by atoms with van der Waals surface area (Å²) in [6.45, 7) is 3.48. The minimum atomic E-state index is -3.64. The van der Waals surface area contributed by atoms with Gasteiger partial charge >= 0.3 is 30.5 Å². The van der Waals surface area contributed by atoms with E-state index in [1.807, 2.05) is 6.92 Å². The Kier molecular flexibility index (Phi) is 7.37. The number of aryl methyl sites for hydroxylation is 1. The minimum absolute atomic E-state index is 0. The predicted octanol–water partition coefficient (Wildman–Crippen LogP) is -1.10. The fraction of sp³-hybridized carbons (Fsp3) is 0.389. The molecule has 0 radical (unpaired) electrons. The Balaban J connectivity index is 0.000000482. The van der Waals surface area contributed by atoms with Crippen molar-refractivity contribution in [2.75, 3.05) is 0 Å². The molecule has 3 aromatic rings. The first-order chi connectivity index (χ1) is 13.6. The molecule has 4 rings (SSSR count). The van der Waals surface area contributed by atoms with Crippen molar-refractivity contribution in [3.05, 3.63) is 40.3 Å². The van der Waals surface area contributed by atoms with E-state index in [2.05, 4.69) is 15.1 Å². The van der Waals surface area contributed by atoms with Crippen LogP contribution in [0.3, 0.4) is 0 Å². The number of imidazole rings is 1. The SMILES string of the molecule is CCC(=O)O.Cn1c(=O)n(-c2nc[c-]s2)c2cc(S(=O)(=O)NC3(C)CC3)ccc21.[Li+]. The Morgan fingerprint density at radius 1 is 1.37 bits per heavy atom. The van der Waals surface area contributed by atoms with E-state index in [9.17, 15) is 18.0 Å². The maximum atomic E-state index is 12.6. The Bertz CT molecular complexity index is 1210. The molecule has 1 aliphatic rings. The van der Waals surface area contributed by atoms with E-state index in [0.29, 0.717) is 16.2 Å². The second kappa shape index (κ2) is 9.07. The molecule has 2 heterocycles. The molecule has 1 fully saturated rings. The van der Waals surface area contributed by atoms with Crippen molar-refractivity contribution >= 4 is 38.4 Å². The Hall–Kier alpha value is -1.90. The summed E-state index contributed by atoms with van der Waals surface area (Å²) < 4.78 is 30.8. The summed E-state index contributed by atoms with van der Waals surface area (Å²) in [4.78, 5) is 26.1. The fourth-order valence-corrected chi connectivity index (χ4v) is 4.71. The molecule has 30 heavy (non-hydrogen) atoms. The first kappa shape index (κ1) is 24.4. The molecule has 1 saturated carbocycles. The van der Waals surface area contributed by atoms with Crippen LogP contribution in [0.15, 0.2) is 34.1 Å². The molecule has 156 valence electrons. The van der Waals surface area contributed by atoms with Crippen molar-refractivity contribution in [2.24, 2.45) is 7.05 Å². The zero-order valence-corrected chi connectivity index (χ0v) is 18.8. The van der Waals surface area contributed by atoms with Gasteiger partial charge in [0.1, 0.15) is 0 Å². The first-order valence-electron chi connectivity index (χ1n) is 8.87. The predicted molar refractivity (Wildman–Crippen MR) is 109 cm³/mol. The average molecular weight is 444 g/mol. The van der Waals surface area contributed by atoms with Crippen LogP contribution in [0.4, 0.5) is 0 Å². The molecular formula is C18H21LiN4O5S2. The molecule has 1 aromatic carbocycles. The van der Waals surface area contributed by atoms with Gasteiger partial charge in [-0.05, 0) is 38.0 Å². The number of sulfonamides is 1. The van der Waals surface area contributed by atoms with E-state index in [1.54, 1.807) is 20.0 Å². The largest absolute Gasteiger partial charge is 1.00 e. The van der Waals surface area contributed by atoms with Crippen LogP contribution in [0.2, 0.25) is 0 Å². The fourth-order valence-electron chi connectivity index (χ4n) is 2.64. The van der Waals surface area contributed by atoms with E-state index in [1.165, 1.54) is 38.8 Å². The maximum Gasteiger partial charge on any atom is 1.00 e. The summed E-state index contributed by atoms with van der Waals surface area (Å²) in [5.74, 6) is -0.745. The van der Waals surface area contributed by atoms with Gasteiger partial charge in [0.25, 0.3) is 0 Å². The standard InChI is InChI=1S/C15H15N4O3S2.C3H6O2.Li/c1-15(5-6-15)17-24(21,22)10-3-4-11-12(9-10)19(14(20)18(11)2)13-16-7-8-23-13;1-2-3(4)5;/h3-4,7,9,17H,5-6H2,1-2H3;2H2,1H3,(H,4,5);/q-1;;+1. The van der Waals surface area contributed by atoms with E-state index in [0.717, 1.165) is 12.8 Å². The van der Waals surface area contributed by atoms with Gasteiger partial charge in [0.05, 0.1) is 15.9 Å². The number of aliphatic carboxylic acids is 1. The second-order valence-electron chi connectivity index (χ2n) is 7.00. The van der Waals surface area contributed by atoms with Gasteiger partial charge in [-0.25, -0.2) is 17.9 Å². The van der Waals surface area contributed by atoms with E-state index < -0.39 is 16.0 Å². The summed E-state index contributed by atoms with van der Waals surface area (Å²) >= 11 is 1.20. The number of rotatable bonds is 5. The number of thiazole rings is 1. The van der Waals surface area contributed by atoms with Gasteiger partial charge in [-0.15, -0.1) is 0 Å². The molecule has 0 spiro atoms. The number of hydrogen-bond acceptors (Lipinski definition) is 6. The topological polar surface area (TPSA) is 123 Å². The van der Waals surface area contributed by atoms with Crippen molar-refractivity contribution in [2.45, 2.75) is 43.5 Å². The van der Waals surface area contributed by atoms with Gasteiger partial charge in [-0.1, -0.05) is 13.1 Å². The molecule has 9 nitrogen and oxygen atoms in total. The molecule has 1 aliphatic carbocycles. The molecule has 0 atom stereocenters. The van der Waals surface area contributed by atoms with Crippen LogP contribution in [0.25, 0.3) is 16.2 Å². The number of nitrogens with zero attached hydrogens (tertiary/aromatic N) is 3. The van der Waals surface area contributed by atoms with Crippen LogP contribution in [-0.2, 0) is 21.9 Å². The third-order valence-corrected chi connectivity index (χ3v) is 6.92. The number of carboxylic acid groups (broad SMARTS) is 1. The number of benzene rings is 1. The van der Waals surface area contributed by atoms with Crippen LogP contribution in [-0.4, -0.2) is 39.2 Å². The van der Waals surface area contributed by atoms with Crippen molar-refractivity contribution in [1.29, 1.82) is 0 Å². The molecule has 0 aliphatic heterocycles. The number of nitrogens with one attached hydrogen (secondary N) is 1. The average Bonchev–Trinajstić information content (AvgIpc) is 3.07. The number of carbonyl (C=O) groups is 1. The second-order valence-corrected chi connectivity index (χ2v) is 9.49. The normalized spacial score (nSPS) is 14.5. The molecule has 0 unspecified atom stereocenters. The third kappa shape index (κ3) is 5.04. The van der Waals surface area contributed by atoms with Gasteiger partial charge in [0.2, 0.25) is 10.0 Å². The molecule has 2 aromatic heterocycles. The van der Waals surface area contributed by atoms with E-state index >= 15 is 0 Å². The molecular weight excluding hydrogens is 423 g/mol. The summed E-state index contributed by atoms with van der Waals surface area (Å²) in [5.41, 5.74) is 0.528. The minimum Gasteiger partial charge on any atom is -0.481 e. The summed E-state index contributed by atoms with van der Waals surface area (Å²) in [6, 6.07) is 4.69. The van der Waals surface area contributed by atoms with Gasteiger partial charge in [-0.3, -0.25) is 9.36 Å². The Morgan fingerprint density at radius 3 is 2.50 bits per heavy atom. The number of carboxylic acids is 1. The Morgan fingerprint density at radius 2 is 2.00 bits per heavy atom. The van der Waals surface area contributed by atoms with Crippen molar-refractivity contribution in [1.82, 2.24) is 18.8 Å². The number of fused-ring (bicyclic) bond motifs is 1. The van der Waals surface area contributed by atoms with E-state index in [-0.39, 0.29) is 41.4 Å². The number of hydrogen-bond donors (Lipinski definition) is 2. The third-order valence-electron chi connectivity index (χ3n) is 4.59. The quantitative estimate of drug-likeness (QED) is 0.381. The zero-order chi connectivity index (χ0) is 21.4. The Labute approximate surface area is 190 Å². The van der Waals surface area contributed by atoms with Crippen molar-refractivity contribution in [3.63, 3.8) is 0 Å². The van der Waals surface area contributed by atoms with Crippen molar-refractivity contribution in [3.8, 4) is 5.13 Å². The van der Waals surface area contributed by atoms with Gasteiger partial charge in [0.15, 0.2) is 0 Å². The molecule has 0 amide bonds. The van der Waals surface area contributed by atoms with Gasteiger partial charge in [0, 0.05) is 24.1 Å². The smallest absolute Gasteiger partial charge is 0.481 e. The molecule has 0 saturated heterocycles. The number of aromatic nitrogens is 3. The summed E-state index contributed by atoms with van der Waals surface area (Å²) in [7, 11) is -1.99. The maximum absolute atomic E-state index is 12.6. The van der Waals surface area contributed by atoms with Crippen molar-refractivity contribution < 1.29 is 37.2 Å². The summed E-state index contributed by atoms with van der Waals surface area (Å²) in [6.07, 6.45) is 3.38. The van der Waals surface area contributed by atoms with Gasteiger partial charge < -0.3 is 26.0 Å².